The summed E-state index contributed by atoms with van der Waals surface area (Å²) < 4.78 is 1.79. The van der Waals surface area contributed by atoms with Gasteiger partial charge in [-0.05, 0) is 55.4 Å². The van der Waals surface area contributed by atoms with Crippen LogP contribution in [0.3, 0.4) is 0 Å². The summed E-state index contributed by atoms with van der Waals surface area (Å²) in [6.45, 7) is 10.2. The van der Waals surface area contributed by atoms with Crippen molar-refractivity contribution in [2.75, 3.05) is 24.5 Å². The lowest BCUT2D eigenvalue weighted by Gasteiger charge is -2.39. The molecule has 0 bridgehead atoms. The van der Waals surface area contributed by atoms with Crippen LogP contribution in [-0.4, -0.2) is 62.3 Å². The number of hydrogen-bond acceptors (Lipinski definition) is 5. The summed E-state index contributed by atoms with van der Waals surface area (Å²) in [6.07, 6.45) is 1.85. The highest BCUT2D eigenvalue weighted by Gasteiger charge is 2.40. The van der Waals surface area contributed by atoms with Crippen LogP contribution in [0.4, 0.5) is 5.69 Å². The molecule has 34 heavy (non-hydrogen) atoms. The van der Waals surface area contributed by atoms with E-state index < -0.39 is 5.97 Å². The van der Waals surface area contributed by atoms with Crippen LogP contribution < -0.4 is 4.90 Å². The molecular weight excluding hydrogens is 430 g/mol. The van der Waals surface area contributed by atoms with Crippen LogP contribution in [0.2, 0.25) is 0 Å². The van der Waals surface area contributed by atoms with E-state index in [0.29, 0.717) is 11.6 Å². The van der Waals surface area contributed by atoms with E-state index in [1.54, 1.807) is 17.7 Å². The zero-order valence-corrected chi connectivity index (χ0v) is 20.2. The van der Waals surface area contributed by atoms with Gasteiger partial charge < -0.3 is 14.9 Å². The number of carbonyl (C=O) groups excluding carboxylic acids is 1. The summed E-state index contributed by atoms with van der Waals surface area (Å²) in [5.41, 5.74) is 4.35. The summed E-state index contributed by atoms with van der Waals surface area (Å²) in [5, 5.41) is 15.7. The number of amides is 1. The number of aromatic nitrogens is 3. The van der Waals surface area contributed by atoms with Crippen molar-refractivity contribution in [3.8, 4) is 5.69 Å². The van der Waals surface area contributed by atoms with Crippen molar-refractivity contribution >= 4 is 28.6 Å². The molecule has 0 saturated carbocycles. The van der Waals surface area contributed by atoms with Crippen molar-refractivity contribution in [2.24, 2.45) is 5.92 Å². The molecule has 2 aliphatic heterocycles. The van der Waals surface area contributed by atoms with Gasteiger partial charge in [-0.3, -0.25) is 4.79 Å². The number of nitrogens with zero attached hydrogens (tertiary/aromatic N) is 5. The minimum atomic E-state index is -1.05. The highest BCUT2D eigenvalue weighted by Crippen LogP contribution is 2.39. The number of benzene rings is 1. The first kappa shape index (κ1) is 22.4. The van der Waals surface area contributed by atoms with Gasteiger partial charge in [-0.15, -0.1) is 0 Å². The number of carboxylic acid groups (broad SMARTS) is 1. The Kier molecular flexibility index (Phi) is 5.54. The molecule has 4 heterocycles. The molecule has 0 aliphatic carbocycles. The van der Waals surface area contributed by atoms with Gasteiger partial charge in [0.2, 0.25) is 5.91 Å². The maximum Gasteiger partial charge on any atom is 0.354 e. The molecule has 2 unspecified atom stereocenters. The zero-order chi connectivity index (χ0) is 24.1. The van der Waals surface area contributed by atoms with E-state index in [-0.39, 0.29) is 23.6 Å². The first-order valence-electron chi connectivity index (χ1n) is 12.0. The molecule has 8 nitrogen and oxygen atoms in total. The molecule has 2 fully saturated rings. The average Bonchev–Trinajstić information content (AvgIpc) is 3.40. The lowest BCUT2D eigenvalue weighted by molar-refractivity contribution is -0.130. The van der Waals surface area contributed by atoms with E-state index in [4.69, 9.17) is 5.10 Å². The fourth-order valence-corrected chi connectivity index (χ4v) is 5.62. The van der Waals surface area contributed by atoms with Crippen molar-refractivity contribution in [1.29, 1.82) is 0 Å². The summed E-state index contributed by atoms with van der Waals surface area (Å²) in [4.78, 5) is 33.0. The molecular formula is C26H31N5O3. The second kappa shape index (κ2) is 8.42. The van der Waals surface area contributed by atoms with Crippen molar-refractivity contribution in [3.05, 3.63) is 47.3 Å². The monoisotopic (exact) mass is 461 g/mol. The maximum atomic E-state index is 12.1. The van der Waals surface area contributed by atoms with Crippen molar-refractivity contribution in [2.45, 2.75) is 52.5 Å². The molecule has 2 aliphatic rings. The SMILES string of the molecule is CC(=O)N1CCC2CN(c3cc(C(=O)O)nc4c3c(C(C)C)nn4-c3cccc(C)c3)CCC21. The minimum Gasteiger partial charge on any atom is -0.477 e. The van der Waals surface area contributed by atoms with Crippen molar-refractivity contribution in [1.82, 2.24) is 19.7 Å². The van der Waals surface area contributed by atoms with Gasteiger partial charge in [0.1, 0.15) is 0 Å². The Balaban J connectivity index is 1.66. The van der Waals surface area contributed by atoms with Crippen molar-refractivity contribution in [3.63, 3.8) is 0 Å². The molecule has 1 aromatic carbocycles. The summed E-state index contributed by atoms with van der Waals surface area (Å²) in [5.74, 6) is -0.392. The molecule has 0 radical (unpaired) electrons. The van der Waals surface area contributed by atoms with Gasteiger partial charge in [-0.25, -0.2) is 14.5 Å². The number of carboxylic acids is 1. The standard InChI is InChI=1S/C26H31N5O3/c1-15(2)24-23-22(29-10-9-21-18(14-29)8-11-30(21)17(4)32)13-20(26(33)34)27-25(23)31(28-24)19-7-5-6-16(3)12-19/h5-7,12-13,15,18,21H,8-11,14H2,1-4H3,(H,33,34). The molecule has 2 saturated heterocycles. The van der Waals surface area contributed by atoms with E-state index in [1.165, 1.54) is 0 Å². The third kappa shape index (κ3) is 3.71. The fraction of sp³-hybridized carbons (Fsp3) is 0.462. The number of piperidine rings is 1. The Labute approximate surface area is 199 Å². The summed E-state index contributed by atoms with van der Waals surface area (Å²) >= 11 is 0. The van der Waals surface area contributed by atoms with Gasteiger partial charge in [0.05, 0.1) is 22.5 Å². The van der Waals surface area contributed by atoms with E-state index in [1.807, 2.05) is 36.1 Å². The van der Waals surface area contributed by atoms with Gasteiger partial charge in [0.25, 0.3) is 0 Å². The minimum absolute atomic E-state index is 0.0190. The van der Waals surface area contributed by atoms with Crippen LogP contribution in [0.5, 0.6) is 0 Å². The Morgan fingerprint density at radius 3 is 2.62 bits per heavy atom. The highest BCUT2D eigenvalue weighted by atomic mass is 16.4. The summed E-state index contributed by atoms with van der Waals surface area (Å²) in [7, 11) is 0. The third-order valence-electron chi connectivity index (χ3n) is 7.24. The molecule has 2 aromatic heterocycles. The number of anilines is 1. The largest absolute Gasteiger partial charge is 0.477 e. The molecule has 1 amide bonds. The van der Waals surface area contributed by atoms with Gasteiger partial charge in [-0.2, -0.15) is 5.10 Å². The number of carbonyl (C=O) groups is 2. The highest BCUT2D eigenvalue weighted by molar-refractivity contribution is 5.98. The lowest BCUT2D eigenvalue weighted by atomic mass is 9.92. The summed E-state index contributed by atoms with van der Waals surface area (Å²) in [6, 6.07) is 9.97. The van der Waals surface area contributed by atoms with Crippen LogP contribution in [0.25, 0.3) is 16.7 Å². The zero-order valence-electron chi connectivity index (χ0n) is 20.2. The van der Waals surface area contributed by atoms with E-state index in [9.17, 15) is 14.7 Å². The maximum absolute atomic E-state index is 12.1. The quantitative estimate of drug-likeness (QED) is 0.632. The second-order valence-corrected chi connectivity index (χ2v) is 9.88. The number of pyridine rings is 1. The first-order valence-corrected chi connectivity index (χ1v) is 12.0. The van der Waals surface area contributed by atoms with Gasteiger partial charge >= 0.3 is 5.97 Å². The molecule has 3 aromatic rings. The Bertz CT molecular complexity index is 1280. The third-order valence-corrected chi connectivity index (χ3v) is 7.24. The number of aryl methyl sites for hydroxylation is 1. The van der Waals surface area contributed by atoms with Gasteiger partial charge in [-0.1, -0.05) is 26.0 Å². The fourth-order valence-electron chi connectivity index (χ4n) is 5.62. The predicted molar refractivity (Wildman–Crippen MR) is 131 cm³/mol. The number of fused-ring (bicyclic) bond motifs is 2. The van der Waals surface area contributed by atoms with Crippen molar-refractivity contribution < 1.29 is 14.7 Å². The average molecular weight is 462 g/mol. The van der Waals surface area contributed by atoms with Gasteiger partial charge in [0, 0.05) is 32.6 Å². The number of likely N-dealkylation sites (tertiary alicyclic amines) is 1. The molecule has 0 spiro atoms. The molecule has 8 heteroatoms. The van der Waals surface area contributed by atoms with Crippen LogP contribution >= 0.6 is 0 Å². The second-order valence-electron chi connectivity index (χ2n) is 9.88. The number of rotatable bonds is 4. The van der Waals surface area contributed by atoms with Crippen LogP contribution in [0.15, 0.2) is 30.3 Å². The molecule has 2 atom stereocenters. The molecule has 5 rings (SSSR count). The van der Waals surface area contributed by atoms with Gasteiger partial charge in [0.15, 0.2) is 11.3 Å². The van der Waals surface area contributed by atoms with Crippen LogP contribution in [0, 0.1) is 12.8 Å². The predicted octanol–water partition coefficient (Wildman–Crippen LogP) is 4.00. The number of aromatic carboxylic acids is 1. The van der Waals surface area contributed by atoms with Crippen LogP contribution in [0.1, 0.15) is 61.3 Å². The first-order chi connectivity index (χ1) is 16.2. The lowest BCUT2D eigenvalue weighted by Crippen LogP contribution is -2.47. The van der Waals surface area contributed by atoms with E-state index >= 15 is 0 Å². The number of hydrogen-bond donors (Lipinski definition) is 1. The Hall–Kier alpha value is -3.42. The van der Waals surface area contributed by atoms with E-state index in [2.05, 4.69) is 23.7 Å². The molecule has 178 valence electrons. The smallest absolute Gasteiger partial charge is 0.354 e. The Morgan fingerprint density at radius 1 is 1.15 bits per heavy atom. The molecule has 1 N–H and O–H groups in total. The van der Waals surface area contributed by atoms with Crippen LogP contribution in [-0.2, 0) is 4.79 Å². The van der Waals surface area contributed by atoms with E-state index in [0.717, 1.165) is 60.5 Å². The topological polar surface area (TPSA) is 91.6 Å². The normalized spacial score (nSPS) is 20.3. The Morgan fingerprint density at radius 2 is 1.94 bits per heavy atom.